The van der Waals surface area contributed by atoms with E-state index in [-0.39, 0.29) is 19.0 Å². The third-order valence-electron chi connectivity index (χ3n) is 3.42. The van der Waals surface area contributed by atoms with Gasteiger partial charge in [-0.25, -0.2) is 0 Å². The number of carbonyl (C=O) groups is 2. The van der Waals surface area contributed by atoms with E-state index in [1.165, 1.54) is 9.58 Å². The van der Waals surface area contributed by atoms with Crippen LogP contribution in [0, 0.1) is 0 Å². The zero-order valence-corrected chi connectivity index (χ0v) is 10.6. The fourth-order valence-corrected chi connectivity index (χ4v) is 2.47. The Morgan fingerprint density at radius 1 is 1.30 bits per heavy atom. The summed E-state index contributed by atoms with van der Waals surface area (Å²) in [4.78, 5) is 25.1. The highest BCUT2D eigenvalue weighted by Crippen LogP contribution is 2.36. The number of aliphatic carboxylic acids is 1. The van der Waals surface area contributed by atoms with Crippen LogP contribution in [-0.4, -0.2) is 33.3 Å². The lowest BCUT2D eigenvalue weighted by atomic mass is 10.0. The minimum Gasteiger partial charge on any atom is -0.481 e. The smallest absolute Gasteiger partial charge is 0.312 e. The Labute approximate surface area is 115 Å². The van der Waals surface area contributed by atoms with Crippen molar-refractivity contribution >= 4 is 17.6 Å². The third-order valence-corrected chi connectivity index (χ3v) is 3.42. The van der Waals surface area contributed by atoms with E-state index in [4.69, 9.17) is 0 Å². The summed E-state index contributed by atoms with van der Waals surface area (Å²) >= 11 is 0. The largest absolute Gasteiger partial charge is 0.481 e. The Morgan fingerprint density at radius 2 is 2.10 bits per heavy atom. The van der Waals surface area contributed by atoms with E-state index in [2.05, 4.69) is 5.10 Å². The summed E-state index contributed by atoms with van der Waals surface area (Å²) in [6, 6.07) is 8.87. The van der Waals surface area contributed by atoms with Crippen molar-refractivity contribution < 1.29 is 14.7 Å². The lowest BCUT2D eigenvalue weighted by molar-refractivity contribution is -0.138. The third kappa shape index (κ3) is 2.05. The number of carbonyl (C=O) groups excluding carboxylic acids is 1. The first-order valence-corrected chi connectivity index (χ1v) is 6.26. The van der Waals surface area contributed by atoms with Gasteiger partial charge in [0.2, 0.25) is 5.91 Å². The van der Waals surface area contributed by atoms with Crippen LogP contribution in [-0.2, 0) is 16.1 Å². The van der Waals surface area contributed by atoms with Gasteiger partial charge in [0.1, 0.15) is 12.5 Å². The molecule has 1 unspecified atom stereocenters. The highest BCUT2D eigenvalue weighted by Gasteiger charge is 2.36. The molecule has 1 amide bonds. The average Bonchev–Trinajstić information content (AvgIpc) is 3.05. The predicted molar refractivity (Wildman–Crippen MR) is 71.4 cm³/mol. The molecule has 1 aromatic carbocycles. The minimum absolute atomic E-state index is 0.105. The highest BCUT2D eigenvalue weighted by atomic mass is 16.4. The van der Waals surface area contributed by atoms with Crippen LogP contribution < -0.4 is 4.90 Å². The molecule has 0 fully saturated rings. The van der Waals surface area contributed by atoms with Crippen LogP contribution in [0.25, 0.3) is 0 Å². The van der Waals surface area contributed by atoms with Gasteiger partial charge in [-0.1, -0.05) is 18.2 Å². The van der Waals surface area contributed by atoms with Gasteiger partial charge in [-0.05, 0) is 17.7 Å². The van der Waals surface area contributed by atoms with Gasteiger partial charge in [-0.3, -0.25) is 14.3 Å². The monoisotopic (exact) mass is 271 g/mol. The van der Waals surface area contributed by atoms with E-state index in [0.717, 1.165) is 0 Å². The predicted octanol–water partition coefficient (Wildman–Crippen LogP) is 1.10. The molecule has 1 aliphatic rings. The van der Waals surface area contributed by atoms with Gasteiger partial charge in [0.15, 0.2) is 0 Å². The number of hydrogen-bond acceptors (Lipinski definition) is 3. The van der Waals surface area contributed by atoms with E-state index >= 15 is 0 Å². The SMILES string of the molecule is O=C(O)C1CN(C(=O)Cn2cccn2)c2ccccc21. The molecule has 1 aliphatic heterocycles. The number of aromatic nitrogens is 2. The first-order chi connectivity index (χ1) is 9.66. The van der Waals surface area contributed by atoms with E-state index in [1.54, 1.807) is 42.7 Å². The summed E-state index contributed by atoms with van der Waals surface area (Å²) < 4.78 is 1.53. The van der Waals surface area contributed by atoms with E-state index in [1.807, 2.05) is 0 Å². The number of rotatable bonds is 3. The second-order valence-corrected chi connectivity index (χ2v) is 4.66. The molecule has 6 heteroatoms. The zero-order chi connectivity index (χ0) is 14.1. The molecule has 0 radical (unpaired) electrons. The van der Waals surface area contributed by atoms with Crippen molar-refractivity contribution in [1.82, 2.24) is 9.78 Å². The number of hydrogen-bond donors (Lipinski definition) is 1. The van der Waals surface area contributed by atoms with Gasteiger partial charge in [0.05, 0.1) is 0 Å². The molecule has 1 aromatic heterocycles. The van der Waals surface area contributed by atoms with E-state index in [0.29, 0.717) is 11.3 Å². The molecule has 20 heavy (non-hydrogen) atoms. The molecule has 1 atom stereocenters. The molecule has 0 saturated carbocycles. The van der Waals surface area contributed by atoms with Crippen molar-refractivity contribution in [3.8, 4) is 0 Å². The number of anilines is 1. The molecule has 6 nitrogen and oxygen atoms in total. The number of nitrogens with zero attached hydrogens (tertiary/aromatic N) is 3. The van der Waals surface area contributed by atoms with Crippen LogP contribution in [0.15, 0.2) is 42.7 Å². The summed E-state index contributed by atoms with van der Waals surface area (Å²) in [7, 11) is 0. The second kappa shape index (κ2) is 4.80. The molecule has 0 saturated heterocycles. The Kier molecular flexibility index (Phi) is 2.98. The van der Waals surface area contributed by atoms with E-state index < -0.39 is 11.9 Å². The van der Waals surface area contributed by atoms with Gasteiger partial charge in [0.25, 0.3) is 0 Å². The van der Waals surface area contributed by atoms with Gasteiger partial charge < -0.3 is 10.0 Å². The van der Waals surface area contributed by atoms with E-state index in [9.17, 15) is 14.7 Å². The Balaban J connectivity index is 1.88. The number of para-hydroxylation sites is 1. The zero-order valence-electron chi connectivity index (χ0n) is 10.6. The molecule has 1 N–H and O–H groups in total. The maximum atomic E-state index is 12.3. The molecular weight excluding hydrogens is 258 g/mol. The lowest BCUT2D eigenvalue weighted by Crippen LogP contribution is -2.34. The van der Waals surface area contributed by atoms with Crippen molar-refractivity contribution in [3.05, 3.63) is 48.3 Å². The lowest BCUT2D eigenvalue weighted by Gasteiger charge is -2.17. The van der Waals surface area contributed by atoms with Crippen LogP contribution >= 0.6 is 0 Å². The second-order valence-electron chi connectivity index (χ2n) is 4.66. The fourth-order valence-electron chi connectivity index (χ4n) is 2.47. The Morgan fingerprint density at radius 3 is 2.80 bits per heavy atom. The number of carboxylic acids is 1. The number of carboxylic acid groups (broad SMARTS) is 1. The van der Waals surface area contributed by atoms with Crippen LogP contribution in [0.1, 0.15) is 11.5 Å². The summed E-state index contributed by atoms with van der Waals surface area (Å²) in [5.41, 5.74) is 1.37. The topological polar surface area (TPSA) is 75.4 Å². The van der Waals surface area contributed by atoms with Gasteiger partial charge in [-0.15, -0.1) is 0 Å². The Bertz CT molecular complexity index is 651. The molecule has 0 bridgehead atoms. The molecule has 3 rings (SSSR count). The van der Waals surface area contributed by atoms with Crippen LogP contribution in [0.5, 0.6) is 0 Å². The number of amides is 1. The van der Waals surface area contributed by atoms with Crippen molar-refractivity contribution in [3.63, 3.8) is 0 Å². The minimum atomic E-state index is -0.910. The van der Waals surface area contributed by atoms with Crippen molar-refractivity contribution in [2.45, 2.75) is 12.5 Å². The molecule has 0 spiro atoms. The summed E-state index contributed by atoms with van der Waals surface area (Å²) in [6.45, 7) is 0.280. The highest BCUT2D eigenvalue weighted by molar-refractivity contribution is 5.98. The van der Waals surface area contributed by atoms with Gasteiger partial charge >= 0.3 is 5.97 Å². The van der Waals surface area contributed by atoms with Gasteiger partial charge in [-0.2, -0.15) is 5.10 Å². The normalized spacial score (nSPS) is 17.0. The molecule has 102 valence electrons. The van der Waals surface area contributed by atoms with Crippen LogP contribution in [0.4, 0.5) is 5.69 Å². The van der Waals surface area contributed by atoms with Crippen molar-refractivity contribution in [2.75, 3.05) is 11.4 Å². The summed E-state index contributed by atoms with van der Waals surface area (Å²) in [5.74, 6) is -1.73. The molecular formula is C14H13N3O3. The summed E-state index contributed by atoms with van der Waals surface area (Å²) in [5, 5.41) is 13.3. The van der Waals surface area contributed by atoms with Gasteiger partial charge in [0, 0.05) is 24.6 Å². The quantitative estimate of drug-likeness (QED) is 0.907. The Hall–Kier alpha value is -2.63. The maximum Gasteiger partial charge on any atom is 0.312 e. The molecule has 2 heterocycles. The van der Waals surface area contributed by atoms with Crippen LogP contribution in [0.3, 0.4) is 0 Å². The van der Waals surface area contributed by atoms with Crippen molar-refractivity contribution in [1.29, 1.82) is 0 Å². The fraction of sp³-hybridized carbons (Fsp3) is 0.214. The summed E-state index contributed by atoms with van der Waals surface area (Å²) in [6.07, 6.45) is 3.31. The maximum absolute atomic E-state index is 12.3. The first kappa shape index (κ1) is 12.4. The molecule has 2 aromatic rings. The standard InChI is InChI=1S/C14H13N3O3/c18-13(9-16-7-3-6-15-16)17-8-11(14(19)20)10-4-1-2-5-12(10)17/h1-7,11H,8-9H2,(H,19,20). The first-order valence-electron chi connectivity index (χ1n) is 6.26. The number of fused-ring (bicyclic) bond motifs is 1. The number of benzene rings is 1. The average molecular weight is 271 g/mol. The van der Waals surface area contributed by atoms with Crippen molar-refractivity contribution in [2.24, 2.45) is 0 Å². The van der Waals surface area contributed by atoms with Crippen LogP contribution in [0.2, 0.25) is 0 Å². The molecule has 0 aliphatic carbocycles.